The van der Waals surface area contributed by atoms with Crippen LogP contribution in [-0.4, -0.2) is 74.4 Å². The highest BCUT2D eigenvalue weighted by atomic mass is 16.5. The molecular weight excluding hydrogens is 360 g/mol. The van der Waals surface area contributed by atoms with Gasteiger partial charge in [0.15, 0.2) is 5.82 Å². The lowest BCUT2D eigenvalue weighted by Crippen LogP contribution is -2.51. The van der Waals surface area contributed by atoms with Crippen molar-refractivity contribution in [3.05, 3.63) is 29.6 Å². The highest BCUT2D eigenvalue weighted by molar-refractivity contribution is 5.95. The van der Waals surface area contributed by atoms with Gasteiger partial charge in [0.05, 0.1) is 24.1 Å². The van der Waals surface area contributed by atoms with Crippen molar-refractivity contribution >= 4 is 11.8 Å². The number of carbonyl (C=O) groups is 2. The van der Waals surface area contributed by atoms with Crippen molar-refractivity contribution in [2.24, 2.45) is 5.92 Å². The molecule has 9 nitrogen and oxygen atoms in total. The van der Waals surface area contributed by atoms with E-state index in [0.29, 0.717) is 55.7 Å². The summed E-state index contributed by atoms with van der Waals surface area (Å²) in [6.45, 7) is 10.2. The van der Waals surface area contributed by atoms with Crippen LogP contribution in [0.25, 0.3) is 5.82 Å². The number of nitrogens with zero attached hydrogens (tertiary/aromatic N) is 6. The normalized spacial score (nSPS) is 14.5. The SMILES string of the molecule is CCOc1ccc(-n2ncc(C(=O)N3CCN(C(=O)C(C)C)CC3)c2C)nn1. The van der Waals surface area contributed by atoms with Crippen molar-refractivity contribution in [2.45, 2.75) is 27.7 Å². The number of ether oxygens (including phenoxy) is 1. The van der Waals surface area contributed by atoms with Crippen LogP contribution in [0.1, 0.15) is 36.8 Å². The fourth-order valence-electron chi connectivity index (χ4n) is 3.17. The van der Waals surface area contributed by atoms with Gasteiger partial charge in [0.25, 0.3) is 5.91 Å². The fourth-order valence-corrected chi connectivity index (χ4v) is 3.17. The first-order valence-corrected chi connectivity index (χ1v) is 9.52. The summed E-state index contributed by atoms with van der Waals surface area (Å²) >= 11 is 0. The van der Waals surface area contributed by atoms with Crippen LogP contribution >= 0.6 is 0 Å². The molecular formula is C19H26N6O3. The number of hydrogen-bond acceptors (Lipinski definition) is 6. The van der Waals surface area contributed by atoms with Crippen LogP contribution < -0.4 is 4.74 Å². The monoisotopic (exact) mass is 386 g/mol. The third kappa shape index (κ3) is 3.97. The van der Waals surface area contributed by atoms with Crippen LogP contribution in [0.2, 0.25) is 0 Å². The van der Waals surface area contributed by atoms with Crippen LogP contribution in [0.5, 0.6) is 5.88 Å². The second-order valence-corrected chi connectivity index (χ2v) is 6.99. The maximum absolute atomic E-state index is 12.9. The summed E-state index contributed by atoms with van der Waals surface area (Å²) in [7, 11) is 0. The first-order chi connectivity index (χ1) is 13.4. The molecule has 2 aromatic heterocycles. The lowest BCUT2D eigenvalue weighted by molar-refractivity contribution is -0.135. The third-order valence-corrected chi connectivity index (χ3v) is 4.75. The molecule has 3 heterocycles. The highest BCUT2D eigenvalue weighted by Crippen LogP contribution is 2.17. The predicted octanol–water partition coefficient (Wildman–Crippen LogP) is 1.31. The largest absolute Gasteiger partial charge is 0.477 e. The molecule has 0 bridgehead atoms. The Morgan fingerprint density at radius 2 is 1.79 bits per heavy atom. The van der Waals surface area contributed by atoms with Crippen molar-refractivity contribution in [1.29, 1.82) is 0 Å². The lowest BCUT2D eigenvalue weighted by Gasteiger charge is -2.35. The Morgan fingerprint density at radius 1 is 1.11 bits per heavy atom. The molecule has 1 aliphatic heterocycles. The minimum Gasteiger partial charge on any atom is -0.477 e. The van der Waals surface area contributed by atoms with Crippen molar-refractivity contribution < 1.29 is 14.3 Å². The van der Waals surface area contributed by atoms with Crippen molar-refractivity contribution in [3.63, 3.8) is 0 Å². The van der Waals surface area contributed by atoms with Crippen molar-refractivity contribution in [3.8, 4) is 11.7 Å². The summed E-state index contributed by atoms with van der Waals surface area (Å²) in [6, 6.07) is 3.47. The van der Waals surface area contributed by atoms with E-state index < -0.39 is 0 Å². The minimum absolute atomic E-state index is 0.0297. The van der Waals surface area contributed by atoms with Crippen molar-refractivity contribution in [1.82, 2.24) is 29.8 Å². The lowest BCUT2D eigenvalue weighted by atomic mass is 10.1. The second-order valence-electron chi connectivity index (χ2n) is 6.99. The maximum Gasteiger partial charge on any atom is 0.257 e. The molecule has 9 heteroatoms. The van der Waals surface area contributed by atoms with Gasteiger partial charge in [-0.1, -0.05) is 13.8 Å². The predicted molar refractivity (Wildman–Crippen MR) is 102 cm³/mol. The first kappa shape index (κ1) is 19.8. The molecule has 0 saturated carbocycles. The summed E-state index contributed by atoms with van der Waals surface area (Å²) < 4.78 is 6.89. The molecule has 3 rings (SSSR count). The smallest absolute Gasteiger partial charge is 0.257 e. The Bertz CT molecular complexity index is 838. The zero-order valence-electron chi connectivity index (χ0n) is 16.8. The summed E-state index contributed by atoms with van der Waals surface area (Å²) in [5, 5.41) is 12.4. The molecule has 150 valence electrons. The highest BCUT2D eigenvalue weighted by Gasteiger charge is 2.28. The number of hydrogen-bond donors (Lipinski definition) is 0. The van der Waals surface area contributed by atoms with Crippen molar-refractivity contribution in [2.75, 3.05) is 32.8 Å². The zero-order chi connectivity index (χ0) is 20.3. The van der Waals surface area contributed by atoms with Gasteiger partial charge in [0, 0.05) is 38.2 Å². The van der Waals surface area contributed by atoms with Gasteiger partial charge in [-0.3, -0.25) is 9.59 Å². The topological polar surface area (TPSA) is 93.5 Å². The van der Waals surface area contributed by atoms with Gasteiger partial charge in [-0.25, -0.2) is 4.68 Å². The van der Waals surface area contributed by atoms with Crippen LogP contribution in [0.15, 0.2) is 18.3 Å². The molecule has 0 aliphatic carbocycles. The molecule has 0 aromatic carbocycles. The van der Waals surface area contributed by atoms with Crippen LogP contribution in [0, 0.1) is 12.8 Å². The Morgan fingerprint density at radius 3 is 2.36 bits per heavy atom. The molecule has 1 fully saturated rings. The molecule has 1 saturated heterocycles. The molecule has 0 spiro atoms. The van der Waals surface area contributed by atoms with Gasteiger partial charge in [-0.2, -0.15) is 5.10 Å². The van der Waals surface area contributed by atoms with Gasteiger partial charge < -0.3 is 14.5 Å². The number of amides is 2. The number of rotatable bonds is 5. The molecule has 0 radical (unpaired) electrons. The van der Waals surface area contributed by atoms with Gasteiger partial charge >= 0.3 is 0 Å². The van der Waals surface area contributed by atoms with E-state index in [1.54, 1.807) is 27.9 Å². The Balaban J connectivity index is 1.70. The summed E-state index contributed by atoms with van der Waals surface area (Å²) in [5.41, 5.74) is 1.23. The van der Waals surface area contributed by atoms with E-state index in [-0.39, 0.29) is 17.7 Å². The summed E-state index contributed by atoms with van der Waals surface area (Å²) in [4.78, 5) is 28.6. The summed E-state index contributed by atoms with van der Waals surface area (Å²) in [6.07, 6.45) is 1.56. The molecule has 28 heavy (non-hydrogen) atoms. The number of carbonyl (C=O) groups excluding carboxylic acids is 2. The quantitative estimate of drug-likeness (QED) is 0.769. The van der Waals surface area contributed by atoms with E-state index in [4.69, 9.17) is 4.74 Å². The minimum atomic E-state index is -0.0840. The Kier molecular flexibility index (Phi) is 5.91. The first-order valence-electron chi connectivity index (χ1n) is 9.52. The average molecular weight is 386 g/mol. The van der Waals surface area contributed by atoms with E-state index in [1.807, 2.05) is 32.6 Å². The zero-order valence-corrected chi connectivity index (χ0v) is 16.8. The van der Waals surface area contributed by atoms with Crippen LogP contribution in [0.4, 0.5) is 0 Å². The molecule has 2 aromatic rings. The van der Waals surface area contributed by atoms with Gasteiger partial charge in [0.1, 0.15) is 0 Å². The van der Waals surface area contributed by atoms with E-state index in [9.17, 15) is 9.59 Å². The van der Waals surface area contributed by atoms with E-state index >= 15 is 0 Å². The molecule has 0 atom stereocenters. The average Bonchev–Trinajstić information content (AvgIpc) is 3.09. The van der Waals surface area contributed by atoms with E-state index in [0.717, 1.165) is 0 Å². The molecule has 0 unspecified atom stereocenters. The molecule has 0 N–H and O–H groups in total. The molecule has 2 amide bonds. The van der Waals surface area contributed by atoms with Crippen LogP contribution in [-0.2, 0) is 4.79 Å². The third-order valence-electron chi connectivity index (χ3n) is 4.75. The Hall–Kier alpha value is -2.97. The van der Waals surface area contributed by atoms with Gasteiger partial charge in [-0.05, 0) is 19.9 Å². The van der Waals surface area contributed by atoms with E-state index in [2.05, 4.69) is 15.3 Å². The second kappa shape index (κ2) is 8.37. The number of piperazine rings is 1. The van der Waals surface area contributed by atoms with Gasteiger partial charge in [-0.15, -0.1) is 10.2 Å². The maximum atomic E-state index is 12.9. The standard InChI is InChI=1S/C19H26N6O3/c1-5-28-17-7-6-16(21-22-17)25-14(4)15(12-20-25)19(27)24-10-8-23(9-11-24)18(26)13(2)3/h6-7,12-13H,5,8-11H2,1-4H3. The number of aromatic nitrogens is 4. The molecule has 1 aliphatic rings. The van der Waals surface area contributed by atoms with Crippen LogP contribution in [0.3, 0.4) is 0 Å². The Labute approximate surface area is 164 Å². The fraction of sp³-hybridized carbons (Fsp3) is 0.526. The summed E-state index contributed by atoms with van der Waals surface area (Å²) in [5.74, 6) is 0.982. The van der Waals surface area contributed by atoms with E-state index in [1.165, 1.54) is 0 Å². The van der Waals surface area contributed by atoms with Gasteiger partial charge in [0.2, 0.25) is 11.8 Å².